The van der Waals surface area contributed by atoms with Crippen LogP contribution in [0.5, 0.6) is 5.75 Å². The lowest BCUT2D eigenvalue weighted by Crippen LogP contribution is -2.39. The van der Waals surface area contributed by atoms with Crippen LogP contribution in [0, 0.1) is 6.92 Å². The quantitative estimate of drug-likeness (QED) is 0.142. The molecule has 2 heterocycles. The van der Waals surface area contributed by atoms with E-state index in [1.165, 1.54) is 6.07 Å². The number of carbonyl (C=O) groups excluding carboxylic acids is 1. The van der Waals surface area contributed by atoms with Crippen LogP contribution in [0.2, 0.25) is 0 Å². The van der Waals surface area contributed by atoms with Crippen molar-refractivity contribution in [1.82, 2.24) is 29.1 Å². The number of nitrogens with zero attached hydrogens (tertiary/aromatic N) is 4. The number of nitrogens with one attached hydrogen (secondary N) is 2. The van der Waals surface area contributed by atoms with E-state index >= 15 is 0 Å². The highest BCUT2D eigenvalue weighted by atomic mass is 32.2. The Labute approximate surface area is 303 Å². The molecular formula is C41H40N6O4S. The smallest absolute Gasteiger partial charge is 0.328 e. The van der Waals surface area contributed by atoms with E-state index in [-0.39, 0.29) is 11.4 Å². The Morgan fingerprint density at radius 1 is 0.827 bits per heavy atom. The first-order valence-corrected chi connectivity index (χ1v) is 18.7. The van der Waals surface area contributed by atoms with Gasteiger partial charge in [-0.2, -0.15) is 0 Å². The molecular weight excluding hydrogens is 673 g/mol. The predicted octanol–water partition coefficient (Wildman–Crippen LogP) is 7.76. The van der Waals surface area contributed by atoms with E-state index in [2.05, 4.69) is 51.2 Å². The zero-order valence-corrected chi connectivity index (χ0v) is 30.4. The summed E-state index contributed by atoms with van der Waals surface area (Å²) in [6.45, 7) is 5.00. The van der Waals surface area contributed by atoms with Crippen molar-refractivity contribution in [3.8, 4) is 28.3 Å². The van der Waals surface area contributed by atoms with Gasteiger partial charge in [-0.3, -0.25) is 0 Å². The first-order valence-electron chi connectivity index (χ1n) is 17.2. The summed E-state index contributed by atoms with van der Waals surface area (Å²) in [5, 5.41) is 2.62. The molecule has 5 aromatic carbocycles. The summed E-state index contributed by atoms with van der Waals surface area (Å²) in [6, 6.07) is 33.4. The molecule has 52 heavy (non-hydrogen) atoms. The summed E-state index contributed by atoms with van der Waals surface area (Å²) in [5.74, 6) is 2.61. The zero-order valence-electron chi connectivity index (χ0n) is 29.6. The lowest BCUT2D eigenvalue weighted by molar-refractivity contribution is 0.245. The molecule has 264 valence electrons. The van der Waals surface area contributed by atoms with Gasteiger partial charge in [0.15, 0.2) is 0 Å². The van der Waals surface area contributed by atoms with Crippen molar-refractivity contribution in [2.45, 2.75) is 44.7 Å². The van der Waals surface area contributed by atoms with Crippen LogP contribution in [0.15, 0.2) is 114 Å². The molecule has 7 aromatic rings. The standard InChI is InChI=1S/C41H40N6O4S/c1-5-10-38-44-39-27(2)23-31(40-43-34-12-7-8-13-35(34)46(40)3)24-36(39)47(38)26-29-15-19-30(20-16-29)33-11-6-9-14-37(33)52(49,50)45-41(48)42-25-28-17-21-32(51-4)22-18-28/h6-9,11-24H,5,10,25-26H2,1-4H3,(H2,42,45,48). The second kappa shape index (κ2) is 14.4. The summed E-state index contributed by atoms with van der Waals surface area (Å²) in [6.07, 6.45) is 1.79. The number of aromatic nitrogens is 4. The van der Waals surface area contributed by atoms with Crippen molar-refractivity contribution < 1.29 is 17.9 Å². The zero-order chi connectivity index (χ0) is 36.4. The topological polar surface area (TPSA) is 120 Å². The fourth-order valence-electron chi connectivity index (χ4n) is 6.61. The van der Waals surface area contributed by atoms with E-state index in [0.29, 0.717) is 23.4 Å². The lowest BCUT2D eigenvalue weighted by atomic mass is 10.0. The Bertz CT molecular complexity index is 2520. The second-order valence-corrected chi connectivity index (χ2v) is 14.5. The third-order valence-electron chi connectivity index (χ3n) is 9.26. The third-order valence-corrected chi connectivity index (χ3v) is 10.7. The number of urea groups is 1. The molecule has 0 spiro atoms. The molecule has 2 N–H and O–H groups in total. The van der Waals surface area contributed by atoms with Gasteiger partial charge in [0.1, 0.15) is 17.4 Å². The fraction of sp³-hybridized carbons (Fsp3) is 0.195. The van der Waals surface area contributed by atoms with Gasteiger partial charge in [-0.1, -0.05) is 73.7 Å². The molecule has 7 rings (SSSR count). The first-order chi connectivity index (χ1) is 25.1. The summed E-state index contributed by atoms with van der Waals surface area (Å²) >= 11 is 0. The largest absolute Gasteiger partial charge is 0.497 e. The van der Waals surface area contributed by atoms with Gasteiger partial charge in [0.05, 0.1) is 34.1 Å². The highest BCUT2D eigenvalue weighted by molar-refractivity contribution is 7.90. The van der Waals surface area contributed by atoms with E-state index in [4.69, 9.17) is 14.7 Å². The summed E-state index contributed by atoms with van der Waals surface area (Å²) < 4.78 is 38.7. The normalized spacial score (nSPS) is 11.6. The fourth-order valence-corrected chi connectivity index (χ4v) is 7.77. The van der Waals surface area contributed by atoms with Gasteiger partial charge in [0, 0.05) is 37.7 Å². The number of para-hydroxylation sites is 2. The highest BCUT2D eigenvalue weighted by Gasteiger charge is 2.22. The molecule has 0 aliphatic heterocycles. The number of hydrogen-bond acceptors (Lipinski definition) is 6. The number of fused-ring (bicyclic) bond motifs is 2. The monoisotopic (exact) mass is 712 g/mol. The maximum absolute atomic E-state index is 13.5. The minimum atomic E-state index is -4.19. The molecule has 0 unspecified atom stereocenters. The van der Waals surface area contributed by atoms with E-state index in [1.54, 1.807) is 49.6 Å². The van der Waals surface area contributed by atoms with Crippen LogP contribution >= 0.6 is 0 Å². The van der Waals surface area contributed by atoms with E-state index < -0.39 is 16.1 Å². The van der Waals surface area contributed by atoms with Crippen molar-refractivity contribution in [3.05, 3.63) is 132 Å². The summed E-state index contributed by atoms with van der Waals surface area (Å²) in [7, 11) is -0.565. The number of carbonyl (C=O) groups is 1. The maximum atomic E-state index is 13.5. The molecule has 0 aliphatic carbocycles. The first kappa shape index (κ1) is 34.5. The molecule has 0 fully saturated rings. The van der Waals surface area contributed by atoms with Crippen LogP contribution in [0.1, 0.15) is 35.9 Å². The van der Waals surface area contributed by atoms with Crippen molar-refractivity contribution in [3.63, 3.8) is 0 Å². The van der Waals surface area contributed by atoms with Crippen LogP contribution in [0.25, 0.3) is 44.6 Å². The van der Waals surface area contributed by atoms with Crippen molar-refractivity contribution in [2.24, 2.45) is 7.05 Å². The molecule has 11 heteroatoms. The average molecular weight is 713 g/mol. The number of methoxy groups -OCH3 is 1. The third kappa shape index (κ3) is 6.87. The molecule has 0 saturated heterocycles. The van der Waals surface area contributed by atoms with Crippen LogP contribution < -0.4 is 14.8 Å². The molecule has 0 atom stereocenters. The number of imidazole rings is 2. The molecule has 0 radical (unpaired) electrons. The molecule has 0 saturated carbocycles. The Hall–Kier alpha value is -5.94. The number of aryl methyl sites for hydroxylation is 3. The van der Waals surface area contributed by atoms with Gasteiger partial charge in [-0.25, -0.2) is 27.9 Å². The molecule has 0 bridgehead atoms. The van der Waals surface area contributed by atoms with E-state index in [9.17, 15) is 13.2 Å². The minimum Gasteiger partial charge on any atom is -0.497 e. The van der Waals surface area contributed by atoms with Crippen molar-refractivity contribution in [2.75, 3.05) is 7.11 Å². The SMILES string of the molecule is CCCc1nc2c(C)cc(-c3nc4ccccc4n3C)cc2n1Cc1ccc(-c2ccccc2S(=O)(=O)NC(=O)NCc2ccc(OC)cc2)cc1. The number of amides is 2. The minimum absolute atomic E-state index is 0.0122. The number of hydrogen-bond donors (Lipinski definition) is 2. The van der Waals surface area contributed by atoms with Crippen molar-refractivity contribution >= 4 is 38.1 Å². The Morgan fingerprint density at radius 3 is 2.27 bits per heavy atom. The Balaban J connectivity index is 1.14. The predicted molar refractivity (Wildman–Crippen MR) is 205 cm³/mol. The Kier molecular flexibility index (Phi) is 9.53. The summed E-state index contributed by atoms with van der Waals surface area (Å²) in [5.41, 5.74) is 9.23. The van der Waals surface area contributed by atoms with Crippen LogP contribution in [0.3, 0.4) is 0 Å². The van der Waals surface area contributed by atoms with E-state index in [1.807, 2.05) is 49.5 Å². The van der Waals surface area contributed by atoms with Gasteiger partial charge < -0.3 is 19.2 Å². The highest BCUT2D eigenvalue weighted by Crippen LogP contribution is 2.32. The number of ether oxygens (including phenoxy) is 1. The number of sulfonamides is 1. The van der Waals surface area contributed by atoms with Gasteiger partial charge in [0.2, 0.25) is 0 Å². The summed E-state index contributed by atoms with van der Waals surface area (Å²) in [4.78, 5) is 22.7. The average Bonchev–Trinajstić information content (AvgIpc) is 3.68. The van der Waals surface area contributed by atoms with E-state index in [0.717, 1.165) is 68.8 Å². The lowest BCUT2D eigenvalue weighted by Gasteiger charge is -2.14. The van der Waals surface area contributed by atoms with Crippen molar-refractivity contribution in [1.29, 1.82) is 0 Å². The Morgan fingerprint density at radius 2 is 1.54 bits per heavy atom. The number of benzene rings is 5. The molecule has 2 aromatic heterocycles. The molecule has 2 amide bonds. The maximum Gasteiger partial charge on any atom is 0.328 e. The van der Waals surface area contributed by atoms with Gasteiger partial charge in [-0.05, 0) is 78.1 Å². The van der Waals surface area contributed by atoms with Gasteiger partial charge >= 0.3 is 6.03 Å². The van der Waals surface area contributed by atoms with Gasteiger partial charge in [-0.15, -0.1) is 0 Å². The van der Waals surface area contributed by atoms with Crippen LogP contribution in [-0.4, -0.2) is 40.7 Å². The second-order valence-electron chi connectivity index (χ2n) is 12.8. The van der Waals surface area contributed by atoms with Gasteiger partial charge in [0.25, 0.3) is 10.0 Å². The number of rotatable bonds is 11. The van der Waals surface area contributed by atoms with Crippen LogP contribution in [-0.2, 0) is 36.6 Å². The van der Waals surface area contributed by atoms with Crippen LogP contribution in [0.4, 0.5) is 4.79 Å². The molecule has 0 aliphatic rings. The molecule has 10 nitrogen and oxygen atoms in total.